The lowest BCUT2D eigenvalue weighted by Crippen LogP contribution is -2.44. The minimum atomic E-state index is 0.680. The van der Waals surface area contributed by atoms with E-state index in [0.29, 0.717) is 5.41 Å². The van der Waals surface area contributed by atoms with Gasteiger partial charge in [0.2, 0.25) is 0 Å². The minimum Gasteiger partial charge on any atom is -0.0649 e. The summed E-state index contributed by atoms with van der Waals surface area (Å²) in [5, 5.41) is 0. The molecule has 1 rings (SSSR count). The summed E-state index contributed by atoms with van der Waals surface area (Å²) < 4.78 is 0. The first-order valence-corrected chi connectivity index (χ1v) is 5.49. The van der Waals surface area contributed by atoms with E-state index in [9.17, 15) is 0 Å². The third kappa shape index (κ3) is 1.67. The Labute approximate surface area is 77.7 Å². The van der Waals surface area contributed by atoms with E-state index in [4.69, 9.17) is 0 Å². The van der Waals surface area contributed by atoms with Gasteiger partial charge in [0.1, 0.15) is 0 Å². The van der Waals surface area contributed by atoms with Crippen LogP contribution in [0.1, 0.15) is 53.9 Å². The molecule has 0 spiro atoms. The average Bonchev–Trinajstić information content (AvgIpc) is 2.02. The SMILES string of the molecule is CCC1(C)CC(CC(C)C)C1C. The van der Waals surface area contributed by atoms with Gasteiger partial charge in [-0.3, -0.25) is 0 Å². The highest BCUT2D eigenvalue weighted by Crippen LogP contribution is 2.54. The largest absolute Gasteiger partial charge is 0.0649 e. The first-order valence-electron chi connectivity index (χ1n) is 5.49. The Balaban J connectivity index is 2.38. The fourth-order valence-electron chi connectivity index (χ4n) is 2.73. The molecule has 0 N–H and O–H groups in total. The Morgan fingerprint density at radius 3 is 2.33 bits per heavy atom. The molecule has 72 valence electrons. The third-order valence-corrected chi connectivity index (χ3v) is 4.12. The van der Waals surface area contributed by atoms with E-state index in [0.717, 1.165) is 17.8 Å². The second-order valence-corrected chi connectivity index (χ2v) is 5.39. The van der Waals surface area contributed by atoms with Crippen LogP contribution in [-0.4, -0.2) is 0 Å². The van der Waals surface area contributed by atoms with Gasteiger partial charge in [-0.15, -0.1) is 0 Å². The van der Waals surface area contributed by atoms with E-state index < -0.39 is 0 Å². The van der Waals surface area contributed by atoms with Crippen molar-refractivity contribution in [2.45, 2.75) is 53.9 Å². The van der Waals surface area contributed by atoms with Gasteiger partial charge in [0, 0.05) is 0 Å². The summed E-state index contributed by atoms with van der Waals surface area (Å²) in [5.41, 5.74) is 0.680. The van der Waals surface area contributed by atoms with Gasteiger partial charge < -0.3 is 0 Å². The molecule has 1 fully saturated rings. The Hall–Kier alpha value is 0. The van der Waals surface area contributed by atoms with E-state index in [-0.39, 0.29) is 0 Å². The number of hydrogen-bond donors (Lipinski definition) is 0. The maximum atomic E-state index is 2.45. The molecule has 1 aliphatic carbocycles. The molecule has 0 aromatic carbocycles. The molecule has 0 bridgehead atoms. The molecule has 12 heavy (non-hydrogen) atoms. The van der Waals surface area contributed by atoms with Gasteiger partial charge in [0.15, 0.2) is 0 Å². The lowest BCUT2D eigenvalue weighted by molar-refractivity contribution is -0.0285. The average molecular weight is 168 g/mol. The number of rotatable bonds is 3. The lowest BCUT2D eigenvalue weighted by Gasteiger charge is -2.52. The summed E-state index contributed by atoms with van der Waals surface area (Å²) in [4.78, 5) is 0. The van der Waals surface area contributed by atoms with Crippen molar-refractivity contribution in [3.8, 4) is 0 Å². The first-order chi connectivity index (χ1) is 5.49. The van der Waals surface area contributed by atoms with Crippen LogP contribution in [0.25, 0.3) is 0 Å². The quantitative estimate of drug-likeness (QED) is 0.595. The molecule has 0 aromatic heterocycles. The van der Waals surface area contributed by atoms with Crippen molar-refractivity contribution in [2.24, 2.45) is 23.2 Å². The maximum Gasteiger partial charge on any atom is -0.0297 e. The molecular weight excluding hydrogens is 144 g/mol. The first kappa shape index (κ1) is 10.1. The molecule has 0 nitrogen and oxygen atoms in total. The highest BCUT2D eigenvalue weighted by molar-refractivity contribution is 4.95. The molecular formula is C12H24. The molecule has 0 heteroatoms. The van der Waals surface area contributed by atoms with Gasteiger partial charge in [-0.2, -0.15) is 0 Å². The normalized spacial score (nSPS) is 41.5. The topological polar surface area (TPSA) is 0 Å². The van der Waals surface area contributed by atoms with Gasteiger partial charge in [-0.05, 0) is 36.0 Å². The van der Waals surface area contributed by atoms with Crippen molar-refractivity contribution in [1.82, 2.24) is 0 Å². The second kappa shape index (κ2) is 3.40. The van der Waals surface area contributed by atoms with Crippen molar-refractivity contribution >= 4 is 0 Å². The highest BCUT2D eigenvalue weighted by Gasteiger charge is 2.45. The zero-order chi connectivity index (χ0) is 9.35. The molecule has 1 aliphatic rings. The van der Waals surface area contributed by atoms with E-state index in [1.807, 2.05) is 0 Å². The van der Waals surface area contributed by atoms with Crippen LogP contribution in [0.2, 0.25) is 0 Å². The summed E-state index contributed by atoms with van der Waals surface area (Å²) >= 11 is 0. The molecule has 3 atom stereocenters. The Morgan fingerprint density at radius 1 is 1.42 bits per heavy atom. The van der Waals surface area contributed by atoms with Crippen molar-refractivity contribution < 1.29 is 0 Å². The molecule has 0 amide bonds. The van der Waals surface area contributed by atoms with Gasteiger partial charge >= 0.3 is 0 Å². The zero-order valence-electron chi connectivity index (χ0n) is 9.35. The summed E-state index contributed by atoms with van der Waals surface area (Å²) in [6.45, 7) is 11.9. The van der Waals surface area contributed by atoms with Crippen LogP contribution in [0.3, 0.4) is 0 Å². The van der Waals surface area contributed by atoms with Gasteiger partial charge in [-0.25, -0.2) is 0 Å². The molecule has 0 saturated heterocycles. The third-order valence-electron chi connectivity index (χ3n) is 4.12. The van der Waals surface area contributed by atoms with E-state index in [2.05, 4.69) is 34.6 Å². The number of hydrogen-bond acceptors (Lipinski definition) is 0. The fraction of sp³-hybridized carbons (Fsp3) is 1.00. The van der Waals surface area contributed by atoms with E-state index in [1.54, 1.807) is 0 Å². The van der Waals surface area contributed by atoms with Gasteiger partial charge in [0.05, 0.1) is 0 Å². The van der Waals surface area contributed by atoms with E-state index in [1.165, 1.54) is 19.3 Å². The van der Waals surface area contributed by atoms with Crippen LogP contribution >= 0.6 is 0 Å². The molecule has 1 saturated carbocycles. The summed E-state index contributed by atoms with van der Waals surface area (Å²) in [6.07, 6.45) is 4.28. The Kier molecular flexibility index (Phi) is 2.85. The van der Waals surface area contributed by atoms with Crippen LogP contribution < -0.4 is 0 Å². The van der Waals surface area contributed by atoms with Crippen LogP contribution in [0, 0.1) is 23.2 Å². The molecule has 3 unspecified atom stereocenters. The van der Waals surface area contributed by atoms with Crippen LogP contribution in [0.5, 0.6) is 0 Å². The Bertz CT molecular complexity index is 148. The summed E-state index contributed by atoms with van der Waals surface area (Å²) in [5.74, 6) is 2.87. The van der Waals surface area contributed by atoms with Crippen molar-refractivity contribution in [2.75, 3.05) is 0 Å². The van der Waals surface area contributed by atoms with Crippen molar-refractivity contribution in [1.29, 1.82) is 0 Å². The smallest absolute Gasteiger partial charge is 0.0297 e. The highest BCUT2D eigenvalue weighted by atomic mass is 14.5. The predicted octanol–water partition coefficient (Wildman–Crippen LogP) is 4.10. The molecule has 0 heterocycles. The van der Waals surface area contributed by atoms with Crippen LogP contribution in [0.15, 0.2) is 0 Å². The summed E-state index contributed by atoms with van der Waals surface area (Å²) in [7, 11) is 0. The van der Waals surface area contributed by atoms with Crippen molar-refractivity contribution in [3.05, 3.63) is 0 Å². The van der Waals surface area contributed by atoms with E-state index >= 15 is 0 Å². The lowest BCUT2D eigenvalue weighted by atomic mass is 9.53. The molecule has 0 aromatic rings. The second-order valence-electron chi connectivity index (χ2n) is 5.39. The Morgan fingerprint density at radius 2 is 2.00 bits per heavy atom. The predicted molar refractivity (Wildman–Crippen MR) is 55.1 cm³/mol. The fourth-order valence-corrected chi connectivity index (χ4v) is 2.73. The van der Waals surface area contributed by atoms with Crippen molar-refractivity contribution in [3.63, 3.8) is 0 Å². The minimum absolute atomic E-state index is 0.680. The standard InChI is InChI=1S/C12H24/c1-6-12(5)8-11(10(12)4)7-9(2)3/h9-11H,6-8H2,1-5H3. The van der Waals surface area contributed by atoms with Crippen LogP contribution in [0.4, 0.5) is 0 Å². The molecule has 0 radical (unpaired) electrons. The van der Waals surface area contributed by atoms with Gasteiger partial charge in [0.25, 0.3) is 0 Å². The van der Waals surface area contributed by atoms with Gasteiger partial charge in [-0.1, -0.05) is 41.0 Å². The maximum absolute atomic E-state index is 2.45. The monoisotopic (exact) mass is 168 g/mol. The summed E-state index contributed by atoms with van der Waals surface area (Å²) in [6, 6.07) is 0. The zero-order valence-corrected chi connectivity index (χ0v) is 9.35. The van der Waals surface area contributed by atoms with Crippen LogP contribution in [-0.2, 0) is 0 Å². The molecule has 0 aliphatic heterocycles.